The lowest BCUT2D eigenvalue weighted by molar-refractivity contribution is 0.0984. The minimum atomic E-state index is -1.58. The number of ether oxygens (including phenoxy) is 5. The van der Waals surface area contributed by atoms with Gasteiger partial charge in [-0.05, 0) is 67.4 Å². The van der Waals surface area contributed by atoms with Gasteiger partial charge in [-0.25, -0.2) is 0 Å². The molecular formula is C39H48O7Si. The Kier molecular flexibility index (Phi) is 13.3. The molecule has 0 amide bonds. The first kappa shape index (κ1) is 36.1. The van der Waals surface area contributed by atoms with Crippen molar-refractivity contribution in [3.63, 3.8) is 0 Å². The van der Waals surface area contributed by atoms with Gasteiger partial charge in [-0.15, -0.1) is 0 Å². The van der Waals surface area contributed by atoms with E-state index >= 15 is 0 Å². The molecule has 47 heavy (non-hydrogen) atoms. The molecule has 250 valence electrons. The van der Waals surface area contributed by atoms with E-state index in [1.54, 1.807) is 14.2 Å². The molecule has 0 saturated carbocycles. The lowest BCUT2D eigenvalue weighted by Gasteiger charge is -2.18. The van der Waals surface area contributed by atoms with Crippen molar-refractivity contribution >= 4 is 14.6 Å². The van der Waals surface area contributed by atoms with Crippen LogP contribution in [0.1, 0.15) is 60.4 Å². The second-order valence-corrected chi connectivity index (χ2v) is 17.3. The predicted octanol–water partition coefficient (Wildman–Crippen LogP) is 8.64. The van der Waals surface area contributed by atoms with Gasteiger partial charge >= 0.3 is 0 Å². The molecule has 0 atom stereocenters. The first-order chi connectivity index (χ1) is 22.6. The highest BCUT2D eigenvalue weighted by molar-refractivity contribution is 6.69. The van der Waals surface area contributed by atoms with Crippen molar-refractivity contribution in [2.75, 3.05) is 14.2 Å². The van der Waals surface area contributed by atoms with Crippen molar-refractivity contribution in [2.45, 2.75) is 79.7 Å². The highest BCUT2D eigenvalue weighted by atomic mass is 28.4. The van der Waals surface area contributed by atoms with Crippen LogP contribution in [0.3, 0.4) is 0 Å². The SMILES string of the molecule is COc1c(C=O)cc(C)cc1COCc1cccc(COCc2cc(C)cc(COCc3cccc(CO[Si](C)(C)C)c3)c2OC)c1. The Balaban J connectivity index is 1.31. The van der Waals surface area contributed by atoms with Crippen LogP contribution in [0.25, 0.3) is 0 Å². The van der Waals surface area contributed by atoms with Crippen LogP contribution in [0.4, 0.5) is 0 Å². The molecule has 0 heterocycles. The van der Waals surface area contributed by atoms with Crippen molar-refractivity contribution < 1.29 is 32.9 Å². The number of hydrogen-bond donors (Lipinski definition) is 0. The molecule has 0 N–H and O–H groups in total. The summed E-state index contributed by atoms with van der Waals surface area (Å²) >= 11 is 0. The van der Waals surface area contributed by atoms with Gasteiger partial charge in [0.05, 0.1) is 66.0 Å². The number of aryl methyl sites for hydroxylation is 2. The fourth-order valence-corrected chi connectivity index (χ4v) is 6.08. The van der Waals surface area contributed by atoms with Gasteiger partial charge in [-0.1, -0.05) is 72.3 Å². The van der Waals surface area contributed by atoms with Gasteiger partial charge in [0, 0.05) is 16.7 Å². The molecule has 0 aliphatic rings. The molecule has 0 radical (unpaired) electrons. The summed E-state index contributed by atoms with van der Waals surface area (Å²) in [6.07, 6.45) is 0.812. The lowest BCUT2D eigenvalue weighted by Crippen LogP contribution is -2.24. The van der Waals surface area contributed by atoms with Crippen LogP contribution in [0.5, 0.6) is 11.5 Å². The van der Waals surface area contributed by atoms with E-state index in [-0.39, 0.29) is 0 Å². The van der Waals surface area contributed by atoms with Gasteiger partial charge in [-0.2, -0.15) is 0 Å². The van der Waals surface area contributed by atoms with E-state index in [0.717, 1.165) is 62.1 Å². The second-order valence-electron chi connectivity index (χ2n) is 12.8. The predicted molar refractivity (Wildman–Crippen MR) is 187 cm³/mol. The smallest absolute Gasteiger partial charge is 0.184 e. The van der Waals surface area contributed by atoms with Crippen LogP contribution in [0.15, 0.2) is 72.8 Å². The van der Waals surface area contributed by atoms with E-state index in [4.69, 9.17) is 28.1 Å². The van der Waals surface area contributed by atoms with E-state index in [0.29, 0.717) is 57.6 Å². The molecule has 4 aromatic carbocycles. The summed E-state index contributed by atoms with van der Waals surface area (Å²) < 4.78 is 35.7. The van der Waals surface area contributed by atoms with E-state index in [2.05, 4.69) is 69.0 Å². The van der Waals surface area contributed by atoms with Crippen molar-refractivity contribution in [1.29, 1.82) is 0 Å². The third-order valence-corrected chi connectivity index (χ3v) is 8.51. The molecular weight excluding hydrogens is 609 g/mol. The average Bonchev–Trinajstić information content (AvgIpc) is 3.03. The van der Waals surface area contributed by atoms with Gasteiger partial charge in [0.1, 0.15) is 11.5 Å². The van der Waals surface area contributed by atoms with E-state index in [1.807, 2.05) is 37.3 Å². The quantitative estimate of drug-likeness (QED) is 0.0784. The maximum Gasteiger partial charge on any atom is 0.184 e. The van der Waals surface area contributed by atoms with Crippen LogP contribution in [-0.4, -0.2) is 28.8 Å². The molecule has 0 saturated heterocycles. The van der Waals surface area contributed by atoms with Crippen molar-refractivity contribution in [2.24, 2.45) is 0 Å². The molecule has 0 bridgehead atoms. The Hall–Kier alpha value is -3.79. The molecule has 4 aromatic rings. The molecule has 0 aliphatic heterocycles. The highest BCUT2D eigenvalue weighted by Crippen LogP contribution is 2.29. The summed E-state index contributed by atoms with van der Waals surface area (Å²) in [4.78, 5) is 11.5. The summed E-state index contributed by atoms with van der Waals surface area (Å²) in [5, 5.41) is 0. The molecule has 0 fully saturated rings. The van der Waals surface area contributed by atoms with Gasteiger partial charge in [0.25, 0.3) is 0 Å². The van der Waals surface area contributed by atoms with Crippen molar-refractivity contribution in [1.82, 2.24) is 0 Å². The molecule has 7 nitrogen and oxygen atoms in total. The van der Waals surface area contributed by atoms with E-state index in [1.165, 1.54) is 0 Å². The van der Waals surface area contributed by atoms with Gasteiger partial charge < -0.3 is 28.1 Å². The largest absolute Gasteiger partial charge is 0.496 e. The number of carbonyl (C=O) groups excluding carboxylic acids is 1. The number of aldehydes is 1. The number of carbonyl (C=O) groups is 1. The Morgan fingerprint density at radius 1 is 0.553 bits per heavy atom. The standard InChI is InChI=1S/C39H48O7Si/c1-28-14-34(20-40)38(41-3)35(15-28)25-43-21-30-10-8-11-31(18-30)22-44-26-36-16-29(2)17-37(39(36)42-4)27-45-23-32-12-9-13-33(19-32)24-46-47(5,6)7/h8-20H,21-27H2,1-7H3. The van der Waals surface area contributed by atoms with Crippen molar-refractivity contribution in [3.05, 3.63) is 128 Å². The van der Waals surface area contributed by atoms with Gasteiger partial charge in [-0.3, -0.25) is 4.79 Å². The molecule has 0 unspecified atom stereocenters. The first-order valence-electron chi connectivity index (χ1n) is 15.9. The maximum atomic E-state index is 11.5. The topological polar surface area (TPSA) is 72.5 Å². The monoisotopic (exact) mass is 656 g/mol. The normalized spacial score (nSPS) is 11.5. The average molecular weight is 657 g/mol. The van der Waals surface area contributed by atoms with Crippen LogP contribution in [0.2, 0.25) is 19.6 Å². The van der Waals surface area contributed by atoms with Gasteiger partial charge in [0.15, 0.2) is 14.6 Å². The fraction of sp³-hybridized carbons (Fsp3) is 0.359. The molecule has 0 aromatic heterocycles. The molecule has 0 aliphatic carbocycles. The Bertz CT molecular complexity index is 1630. The highest BCUT2D eigenvalue weighted by Gasteiger charge is 2.15. The summed E-state index contributed by atoms with van der Waals surface area (Å²) in [6, 6.07) is 24.6. The molecule has 0 spiro atoms. The summed E-state index contributed by atoms with van der Waals surface area (Å²) in [6.45, 7) is 13.8. The summed E-state index contributed by atoms with van der Waals surface area (Å²) in [5.74, 6) is 1.35. The van der Waals surface area contributed by atoms with Crippen LogP contribution in [0, 0.1) is 13.8 Å². The minimum absolute atomic E-state index is 0.339. The van der Waals surface area contributed by atoms with Crippen molar-refractivity contribution in [3.8, 4) is 11.5 Å². The van der Waals surface area contributed by atoms with E-state index in [9.17, 15) is 4.79 Å². The van der Waals surface area contributed by atoms with Crippen LogP contribution < -0.4 is 9.47 Å². The number of rotatable bonds is 18. The number of benzene rings is 4. The molecule has 8 heteroatoms. The summed E-state index contributed by atoms with van der Waals surface area (Å²) in [7, 11) is 1.68. The zero-order chi connectivity index (χ0) is 33.8. The third-order valence-electron chi connectivity index (χ3n) is 7.49. The second kappa shape index (κ2) is 17.4. The minimum Gasteiger partial charge on any atom is -0.496 e. The third kappa shape index (κ3) is 11.2. The number of hydrogen-bond acceptors (Lipinski definition) is 7. The fourth-order valence-electron chi connectivity index (χ4n) is 5.48. The summed E-state index contributed by atoms with van der Waals surface area (Å²) in [5.41, 5.74) is 9.83. The zero-order valence-electron chi connectivity index (χ0n) is 28.8. The maximum absolute atomic E-state index is 11.5. The number of methoxy groups -OCH3 is 2. The van der Waals surface area contributed by atoms with Gasteiger partial charge in [0.2, 0.25) is 0 Å². The Morgan fingerprint density at radius 2 is 0.957 bits per heavy atom. The Morgan fingerprint density at radius 3 is 1.36 bits per heavy atom. The Labute approximate surface area is 280 Å². The van der Waals surface area contributed by atoms with E-state index < -0.39 is 8.32 Å². The molecule has 4 rings (SSSR count). The van der Waals surface area contributed by atoms with Crippen LogP contribution in [-0.2, 0) is 64.9 Å². The first-order valence-corrected chi connectivity index (χ1v) is 19.3. The lowest BCUT2D eigenvalue weighted by atomic mass is 10.1. The zero-order valence-corrected chi connectivity index (χ0v) is 29.8. The van der Waals surface area contributed by atoms with Crippen LogP contribution >= 0.6 is 0 Å².